The van der Waals surface area contributed by atoms with E-state index >= 15 is 0 Å². The minimum absolute atomic E-state index is 0.0531. The number of ether oxygens (including phenoxy) is 2. The van der Waals surface area contributed by atoms with Gasteiger partial charge in [0.1, 0.15) is 18.1 Å². The summed E-state index contributed by atoms with van der Waals surface area (Å²) in [5.74, 6) is 1.27. The van der Waals surface area contributed by atoms with Crippen molar-refractivity contribution in [1.29, 1.82) is 0 Å². The number of hydrogen-bond donors (Lipinski definition) is 1. The number of nitrogens with zero attached hydrogens (tertiary/aromatic N) is 1. The summed E-state index contributed by atoms with van der Waals surface area (Å²) < 4.78 is 38.1. The Morgan fingerprint density at radius 1 is 1.00 bits per heavy atom. The smallest absolute Gasteiger partial charge is 0.243 e. The zero-order valence-electron chi connectivity index (χ0n) is 18.0. The maximum Gasteiger partial charge on any atom is 0.243 e. The summed E-state index contributed by atoms with van der Waals surface area (Å²) in [6.45, 7) is 5.91. The van der Waals surface area contributed by atoms with Gasteiger partial charge in [-0.25, -0.2) is 8.42 Å². The second kappa shape index (κ2) is 10.6. The van der Waals surface area contributed by atoms with Crippen molar-refractivity contribution < 1.29 is 22.7 Å². The van der Waals surface area contributed by atoms with Gasteiger partial charge in [-0.1, -0.05) is 17.7 Å². The van der Waals surface area contributed by atoms with E-state index in [-0.39, 0.29) is 11.8 Å². The third-order valence-corrected chi connectivity index (χ3v) is 7.20. The molecule has 2 aromatic rings. The number of benzene rings is 2. The molecule has 1 fully saturated rings. The van der Waals surface area contributed by atoms with Crippen LogP contribution in [-0.4, -0.2) is 51.5 Å². The number of rotatable bonds is 9. The lowest BCUT2D eigenvalue weighted by Gasteiger charge is -2.30. The first-order chi connectivity index (χ1) is 14.9. The average molecular weight is 447 g/mol. The number of amides is 1. The molecule has 3 rings (SSSR count). The van der Waals surface area contributed by atoms with E-state index in [4.69, 9.17) is 9.47 Å². The summed E-state index contributed by atoms with van der Waals surface area (Å²) in [5, 5.41) is 2.89. The Morgan fingerprint density at radius 3 is 2.16 bits per heavy atom. The van der Waals surface area contributed by atoms with Crippen molar-refractivity contribution in [2.75, 3.05) is 32.8 Å². The van der Waals surface area contributed by atoms with Gasteiger partial charge in [-0.05, 0) is 63.1 Å². The fourth-order valence-electron chi connectivity index (χ4n) is 3.50. The van der Waals surface area contributed by atoms with E-state index in [0.717, 1.165) is 11.3 Å². The fraction of sp³-hybridized carbons (Fsp3) is 0.435. The molecule has 1 amide bonds. The van der Waals surface area contributed by atoms with E-state index in [1.54, 1.807) is 24.3 Å². The molecule has 8 heteroatoms. The van der Waals surface area contributed by atoms with Crippen LogP contribution in [-0.2, 0) is 14.8 Å². The molecule has 1 N–H and O–H groups in total. The van der Waals surface area contributed by atoms with E-state index in [9.17, 15) is 13.2 Å². The molecule has 1 aliphatic heterocycles. The van der Waals surface area contributed by atoms with Crippen molar-refractivity contribution in [2.24, 2.45) is 5.92 Å². The van der Waals surface area contributed by atoms with Crippen LogP contribution in [0.25, 0.3) is 0 Å². The van der Waals surface area contributed by atoms with Gasteiger partial charge < -0.3 is 14.8 Å². The van der Waals surface area contributed by atoms with E-state index in [1.807, 2.05) is 38.1 Å². The normalized spacial score (nSPS) is 15.4. The molecule has 2 aromatic carbocycles. The lowest BCUT2D eigenvalue weighted by Crippen LogP contribution is -2.43. The highest BCUT2D eigenvalue weighted by Gasteiger charge is 2.31. The van der Waals surface area contributed by atoms with E-state index in [0.29, 0.717) is 56.3 Å². The largest absolute Gasteiger partial charge is 0.494 e. The van der Waals surface area contributed by atoms with Gasteiger partial charge >= 0.3 is 0 Å². The van der Waals surface area contributed by atoms with Gasteiger partial charge in [-0.3, -0.25) is 4.79 Å². The molecule has 7 nitrogen and oxygen atoms in total. The van der Waals surface area contributed by atoms with Crippen molar-refractivity contribution in [3.05, 3.63) is 54.1 Å². The summed E-state index contributed by atoms with van der Waals surface area (Å²) >= 11 is 0. The Kier molecular flexibility index (Phi) is 7.92. The summed E-state index contributed by atoms with van der Waals surface area (Å²) in [5.41, 5.74) is 1.01. The summed E-state index contributed by atoms with van der Waals surface area (Å²) in [4.78, 5) is 12.7. The predicted octanol–water partition coefficient (Wildman–Crippen LogP) is 2.99. The molecule has 1 saturated heterocycles. The van der Waals surface area contributed by atoms with Crippen molar-refractivity contribution in [3.63, 3.8) is 0 Å². The molecular formula is C23H30N2O5S. The molecular weight excluding hydrogens is 416 g/mol. The topological polar surface area (TPSA) is 84.9 Å². The molecule has 0 aromatic heterocycles. The standard InChI is InChI=1S/C23H30N2O5S/c1-3-29-20-6-8-21(9-7-20)30-17-14-24-23(26)19-12-15-25(16-13-19)31(27,28)22-10-4-18(2)5-11-22/h4-11,19H,3,12-17H2,1-2H3,(H,24,26). The third-order valence-electron chi connectivity index (χ3n) is 5.29. The number of aryl methyl sites for hydroxylation is 1. The Balaban J connectivity index is 1.40. The number of nitrogens with one attached hydrogen (secondary N) is 1. The van der Waals surface area contributed by atoms with Crippen LogP contribution >= 0.6 is 0 Å². The lowest BCUT2D eigenvalue weighted by atomic mass is 9.97. The molecule has 0 bridgehead atoms. The minimum atomic E-state index is -3.51. The van der Waals surface area contributed by atoms with Crippen molar-refractivity contribution in [2.45, 2.75) is 31.6 Å². The van der Waals surface area contributed by atoms with Crippen molar-refractivity contribution in [3.8, 4) is 11.5 Å². The van der Waals surface area contributed by atoms with E-state index in [2.05, 4.69) is 5.32 Å². The first-order valence-electron chi connectivity index (χ1n) is 10.6. The second-order valence-electron chi connectivity index (χ2n) is 7.54. The molecule has 31 heavy (non-hydrogen) atoms. The van der Waals surface area contributed by atoms with E-state index < -0.39 is 10.0 Å². The Hall–Kier alpha value is -2.58. The van der Waals surface area contributed by atoms with Crippen LogP contribution in [0.1, 0.15) is 25.3 Å². The van der Waals surface area contributed by atoms with Crippen LogP contribution in [0.15, 0.2) is 53.4 Å². The van der Waals surface area contributed by atoms with Crippen LogP contribution in [0.4, 0.5) is 0 Å². The SMILES string of the molecule is CCOc1ccc(OCCNC(=O)C2CCN(S(=O)(=O)c3ccc(C)cc3)CC2)cc1. The van der Waals surface area contributed by atoms with Crippen LogP contribution in [0, 0.1) is 12.8 Å². The monoisotopic (exact) mass is 446 g/mol. The van der Waals surface area contributed by atoms with Crippen molar-refractivity contribution >= 4 is 15.9 Å². The molecule has 1 heterocycles. The minimum Gasteiger partial charge on any atom is -0.494 e. The second-order valence-corrected chi connectivity index (χ2v) is 9.47. The Bertz CT molecular complexity index is 950. The highest BCUT2D eigenvalue weighted by molar-refractivity contribution is 7.89. The maximum absolute atomic E-state index is 12.8. The molecule has 0 atom stereocenters. The van der Waals surface area contributed by atoms with Crippen LogP contribution in [0.3, 0.4) is 0 Å². The predicted molar refractivity (Wildman–Crippen MR) is 119 cm³/mol. The fourth-order valence-corrected chi connectivity index (χ4v) is 4.97. The van der Waals surface area contributed by atoms with Gasteiger partial charge in [0, 0.05) is 19.0 Å². The molecule has 1 aliphatic rings. The molecule has 0 aliphatic carbocycles. The molecule has 0 radical (unpaired) electrons. The van der Waals surface area contributed by atoms with E-state index in [1.165, 1.54) is 4.31 Å². The number of hydrogen-bond acceptors (Lipinski definition) is 5. The average Bonchev–Trinajstić information content (AvgIpc) is 2.78. The van der Waals surface area contributed by atoms with Gasteiger partial charge in [-0.2, -0.15) is 4.31 Å². The number of sulfonamides is 1. The molecule has 168 valence electrons. The van der Waals surface area contributed by atoms with Gasteiger partial charge in [0.15, 0.2) is 0 Å². The van der Waals surface area contributed by atoms with Gasteiger partial charge in [0.2, 0.25) is 15.9 Å². The zero-order chi connectivity index (χ0) is 22.3. The number of carbonyl (C=O) groups excluding carboxylic acids is 1. The van der Waals surface area contributed by atoms with Crippen LogP contribution in [0.2, 0.25) is 0 Å². The lowest BCUT2D eigenvalue weighted by molar-refractivity contribution is -0.126. The Labute approximate surface area is 184 Å². The van der Waals surface area contributed by atoms with Crippen LogP contribution in [0.5, 0.6) is 11.5 Å². The van der Waals surface area contributed by atoms with Gasteiger partial charge in [-0.15, -0.1) is 0 Å². The highest BCUT2D eigenvalue weighted by atomic mass is 32.2. The zero-order valence-corrected chi connectivity index (χ0v) is 18.9. The van der Waals surface area contributed by atoms with Crippen LogP contribution < -0.4 is 14.8 Å². The van der Waals surface area contributed by atoms with Gasteiger partial charge in [0.05, 0.1) is 18.0 Å². The number of carbonyl (C=O) groups is 1. The van der Waals surface area contributed by atoms with Gasteiger partial charge in [0.25, 0.3) is 0 Å². The first kappa shape index (κ1) is 23.1. The quantitative estimate of drug-likeness (QED) is 0.599. The molecule has 0 spiro atoms. The maximum atomic E-state index is 12.8. The highest BCUT2D eigenvalue weighted by Crippen LogP contribution is 2.24. The molecule has 0 saturated carbocycles. The summed E-state index contributed by atoms with van der Waals surface area (Å²) in [6, 6.07) is 14.2. The van der Waals surface area contributed by atoms with Crippen molar-refractivity contribution in [1.82, 2.24) is 9.62 Å². The summed E-state index contributed by atoms with van der Waals surface area (Å²) in [6.07, 6.45) is 1.02. The first-order valence-corrected chi connectivity index (χ1v) is 12.0. The third kappa shape index (κ3) is 6.21. The number of piperidine rings is 1. The summed E-state index contributed by atoms with van der Waals surface area (Å²) in [7, 11) is -3.51. The Morgan fingerprint density at radius 2 is 1.58 bits per heavy atom. The molecule has 0 unspecified atom stereocenters.